The molecule has 1 heterocycles. The van der Waals surface area contributed by atoms with Crippen LogP contribution in [-0.4, -0.2) is 0 Å². The van der Waals surface area contributed by atoms with E-state index in [0.717, 1.165) is 5.92 Å². The van der Waals surface area contributed by atoms with Gasteiger partial charge in [0.1, 0.15) is 0 Å². The summed E-state index contributed by atoms with van der Waals surface area (Å²) in [6.45, 7) is 12.2. The summed E-state index contributed by atoms with van der Waals surface area (Å²) in [6.07, 6.45) is 14.7. The normalized spacial score (nSPS) is 15.5. The van der Waals surface area contributed by atoms with Crippen LogP contribution in [0.15, 0.2) is 66.1 Å². The Labute approximate surface area is 159 Å². The molecule has 0 fully saturated rings. The highest BCUT2D eigenvalue weighted by Crippen LogP contribution is 2.26. The first-order chi connectivity index (χ1) is 12.3. The number of rotatable bonds is 5. The number of thiophene rings is 1. The number of benzene rings is 1. The fourth-order valence-corrected chi connectivity index (χ4v) is 3.92. The average molecular weight is 355 g/mol. The summed E-state index contributed by atoms with van der Waals surface area (Å²) in [4.78, 5) is 0. The summed E-state index contributed by atoms with van der Waals surface area (Å²) in [6, 6.07) is 8.68. The topological polar surface area (TPSA) is 0 Å². The van der Waals surface area contributed by atoms with Gasteiger partial charge in [0, 0.05) is 4.70 Å². The Hall–Kier alpha value is -1.60. The van der Waals surface area contributed by atoms with Gasteiger partial charge in [0.25, 0.3) is 0 Å². The molecule has 0 spiro atoms. The Morgan fingerprint density at radius 1 is 1.20 bits per heavy atom. The largest absolute Gasteiger partial charge is 0.144 e. The van der Waals surface area contributed by atoms with E-state index in [4.69, 9.17) is 0 Å². The van der Waals surface area contributed by atoms with Crippen molar-refractivity contribution in [3.63, 3.8) is 0 Å². The monoisotopic (exact) mass is 354 g/mol. The van der Waals surface area contributed by atoms with Crippen molar-refractivity contribution in [1.29, 1.82) is 0 Å². The van der Waals surface area contributed by atoms with E-state index in [0.29, 0.717) is 0 Å². The lowest BCUT2D eigenvalue weighted by atomic mass is 9.89. The van der Waals surface area contributed by atoms with Crippen LogP contribution >= 0.6 is 11.3 Å². The summed E-state index contributed by atoms with van der Waals surface area (Å²) < 4.78 is 1.42. The molecule has 1 unspecified atom stereocenters. The molecule has 2 aromatic rings. The highest BCUT2D eigenvalue weighted by molar-refractivity contribution is 7.17. The molecule has 1 heteroatoms. The maximum absolute atomic E-state index is 3.78. The van der Waals surface area contributed by atoms with Crippen molar-refractivity contribution in [3.8, 4) is 0 Å². The van der Waals surface area contributed by atoms with Gasteiger partial charge in [-0.05, 0) is 59.6 Å². The molecule has 0 radical (unpaired) electrons. The van der Waals surface area contributed by atoms with Gasteiger partial charge in [0.2, 0.25) is 0 Å². The summed E-state index contributed by atoms with van der Waals surface area (Å²) >= 11 is 1.86. The standard InChI is InChI=1S/C12H14S.C10H14.C2H6/c1-2-3-6-10-9-13-12-8-5-4-7-11(10)12;1-3-9-7-5-6-8-10(9)4-2;1-2/h4-5,7-9H,2-3,6H2,1H3;3,5-7,10H,1,4,8H2,2H3;1-2H3. The van der Waals surface area contributed by atoms with Crippen molar-refractivity contribution in [2.45, 2.75) is 59.8 Å². The van der Waals surface area contributed by atoms with Crippen LogP contribution in [-0.2, 0) is 6.42 Å². The van der Waals surface area contributed by atoms with Gasteiger partial charge in [-0.15, -0.1) is 11.3 Å². The van der Waals surface area contributed by atoms with Crippen LogP contribution in [0.3, 0.4) is 0 Å². The molecule has 0 amide bonds. The van der Waals surface area contributed by atoms with E-state index in [1.54, 1.807) is 0 Å². The average Bonchev–Trinajstić information content (AvgIpc) is 3.11. The second kappa shape index (κ2) is 12.7. The minimum absolute atomic E-state index is 0.725. The molecular weight excluding hydrogens is 320 g/mol. The van der Waals surface area contributed by atoms with E-state index >= 15 is 0 Å². The van der Waals surface area contributed by atoms with Crippen LogP contribution in [0, 0.1) is 5.92 Å². The van der Waals surface area contributed by atoms with E-state index in [1.165, 1.54) is 53.3 Å². The van der Waals surface area contributed by atoms with Gasteiger partial charge in [0.05, 0.1) is 0 Å². The van der Waals surface area contributed by atoms with Crippen LogP contribution in [0.5, 0.6) is 0 Å². The van der Waals surface area contributed by atoms with Crippen LogP contribution in [0.4, 0.5) is 0 Å². The molecule has 0 N–H and O–H groups in total. The van der Waals surface area contributed by atoms with Crippen molar-refractivity contribution in [2.75, 3.05) is 0 Å². The minimum Gasteiger partial charge on any atom is -0.144 e. The van der Waals surface area contributed by atoms with Gasteiger partial charge in [0.15, 0.2) is 0 Å². The zero-order chi connectivity index (χ0) is 18.5. The second-order valence-corrected chi connectivity index (χ2v) is 6.91. The van der Waals surface area contributed by atoms with Crippen molar-refractivity contribution >= 4 is 21.4 Å². The minimum atomic E-state index is 0.725. The highest BCUT2D eigenvalue weighted by Gasteiger charge is 2.08. The molecule has 0 nitrogen and oxygen atoms in total. The summed E-state index contributed by atoms with van der Waals surface area (Å²) in [5.74, 6) is 0.725. The number of fused-ring (bicyclic) bond motifs is 1. The third-order valence-electron chi connectivity index (χ3n) is 4.41. The van der Waals surface area contributed by atoms with E-state index in [2.05, 4.69) is 68.3 Å². The smallest absolute Gasteiger partial charge is 0.0345 e. The summed E-state index contributed by atoms with van der Waals surface area (Å²) in [7, 11) is 0. The quantitative estimate of drug-likeness (QED) is 0.506. The van der Waals surface area contributed by atoms with Gasteiger partial charge >= 0.3 is 0 Å². The molecule has 1 aliphatic rings. The molecule has 25 heavy (non-hydrogen) atoms. The first-order valence-corrected chi connectivity index (χ1v) is 10.6. The second-order valence-electron chi connectivity index (χ2n) is 6.00. The predicted octanol–water partition coefficient (Wildman–Crippen LogP) is 8.36. The third-order valence-corrected chi connectivity index (χ3v) is 5.42. The Balaban J connectivity index is 0.000000235. The van der Waals surface area contributed by atoms with Crippen LogP contribution in [0.2, 0.25) is 0 Å². The number of aryl methyl sites for hydroxylation is 1. The summed E-state index contributed by atoms with van der Waals surface area (Å²) in [5.41, 5.74) is 2.92. The fraction of sp³-hybridized carbons (Fsp3) is 0.417. The zero-order valence-corrected chi connectivity index (χ0v) is 17.2. The molecule has 1 aromatic carbocycles. The van der Waals surface area contributed by atoms with Crippen LogP contribution < -0.4 is 0 Å². The third kappa shape index (κ3) is 6.66. The van der Waals surface area contributed by atoms with Gasteiger partial charge < -0.3 is 0 Å². The van der Waals surface area contributed by atoms with Crippen LogP contribution in [0.25, 0.3) is 10.1 Å². The molecule has 0 aliphatic heterocycles. The maximum Gasteiger partial charge on any atom is 0.0345 e. The van der Waals surface area contributed by atoms with Crippen molar-refractivity contribution < 1.29 is 0 Å². The summed E-state index contributed by atoms with van der Waals surface area (Å²) in [5, 5.41) is 3.77. The lowest BCUT2D eigenvalue weighted by Crippen LogP contribution is -2.01. The number of unbranched alkanes of at least 4 members (excludes halogenated alkanes) is 1. The molecule has 0 saturated carbocycles. The Kier molecular flexibility index (Phi) is 10.9. The Morgan fingerprint density at radius 2 is 1.96 bits per heavy atom. The van der Waals surface area contributed by atoms with Gasteiger partial charge in [-0.2, -0.15) is 0 Å². The number of allylic oxidation sites excluding steroid dienone is 5. The van der Waals surface area contributed by atoms with Gasteiger partial charge in [-0.25, -0.2) is 0 Å². The first-order valence-electron chi connectivity index (χ1n) is 9.74. The number of hydrogen-bond acceptors (Lipinski definition) is 1. The molecule has 3 rings (SSSR count). The molecule has 1 atom stereocenters. The SMILES string of the molecule is C=CC1=CC=CCC1CC.CC.CCCCc1csc2ccccc12. The van der Waals surface area contributed by atoms with Gasteiger partial charge in [-0.1, -0.05) is 83.2 Å². The predicted molar refractivity (Wildman–Crippen MR) is 118 cm³/mol. The lowest BCUT2D eigenvalue weighted by Gasteiger charge is -2.16. The van der Waals surface area contributed by atoms with Crippen molar-refractivity contribution in [1.82, 2.24) is 0 Å². The fourth-order valence-electron chi connectivity index (χ4n) is 2.92. The first kappa shape index (κ1) is 21.4. The van der Waals surface area contributed by atoms with E-state index in [-0.39, 0.29) is 0 Å². The van der Waals surface area contributed by atoms with E-state index in [1.807, 2.05) is 31.3 Å². The lowest BCUT2D eigenvalue weighted by molar-refractivity contribution is 0.608. The number of hydrogen-bond donors (Lipinski definition) is 0. The molecule has 1 aromatic heterocycles. The molecule has 0 saturated heterocycles. The van der Waals surface area contributed by atoms with Crippen LogP contribution in [0.1, 0.15) is 58.9 Å². The highest BCUT2D eigenvalue weighted by atomic mass is 32.1. The van der Waals surface area contributed by atoms with Gasteiger partial charge in [-0.3, -0.25) is 0 Å². The molecule has 0 bridgehead atoms. The van der Waals surface area contributed by atoms with Crippen molar-refractivity contribution in [3.05, 3.63) is 71.7 Å². The molecule has 1 aliphatic carbocycles. The van der Waals surface area contributed by atoms with Crippen molar-refractivity contribution in [2.24, 2.45) is 5.92 Å². The molecule has 136 valence electrons. The zero-order valence-electron chi connectivity index (χ0n) is 16.4. The van der Waals surface area contributed by atoms with E-state index < -0.39 is 0 Å². The molecular formula is C24H34S. The van der Waals surface area contributed by atoms with E-state index in [9.17, 15) is 0 Å². The Morgan fingerprint density at radius 3 is 2.60 bits per heavy atom. The maximum atomic E-state index is 3.78. The Bertz CT molecular complexity index is 672.